The van der Waals surface area contributed by atoms with Gasteiger partial charge in [-0.25, -0.2) is 0 Å². The Morgan fingerprint density at radius 3 is 2.24 bits per heavy atom. The van der Waals surface area contributed by atoms with E-state index in [9.17, 15) is 14.7 Å². The molecule has 2 N–H and O–H groups in total. The molecule has 1 saturated heterocycles. The first-order valence-corrected chi connectivity index (χ1v) is 11.5. The van der Waals surface area contributed by atoms with Gasteiger partial charge in [-0.2, -0.15) is 0 Å². The molecule has 0 saturated carbocycles. The van der Waals surface area contributed by atoms with Crippen LogP contribution in [0.1, 0.15) is 31.7 Å². The fourth-order valence-corrected chi connectivity index (χ4v) is 4.99. The van der Waals surface area contributed by atoms with E-state index in [1.165, 1.54) is 0 Å². The number of carbonyl (C=O) groups excluding carboxylic acids is 1. The van der Waals surface area contributed by atoms with Crippen LogP contribution in [0.4, 0.5) is 5.69 Å². The number of rotatable bonds is 5. The number of benzene rings is 2. The van der Waals surface area contributed by atoms with Gasteiger partial charge in [0.2, 0.25) is 0 Å². The van der Waals surface area contributed by atoms with Crippen molar-refractivity contribution in [3.8, 4) is 0 Å². The minimum Gasteiger partial charge on any atom is -0.481 e. The van der Waals surface area contributed by atoms with Crippen LogP contribution in [0.3, 0.4) is 0 Å². The van der Waals surface area contributed by atoms with Crippen LogP contribution in [0.5, 0.6) is 0 Å². The van der Waals surface area contributed by atoms with Gasteiger partial charge in [-0.1, -0.05) is 48.0 Å². The maximum Gasteiger partial charge on any atom is 0.307 e. The van der Waals surface area contributed by atoms with E-state index in [1.54, 1.807) is 6.07 Å². The predicted octanol–water partition coefficient (Wildman–Crippen LogP) is 4.40. The lowest BCUT2D eigenvalue weighted by Crippen LogP contribution is -2.50. The molecule has 0 aliphatic carbocycles. The molecule has 2 aromatic rings. The second kappa shape index (κ2) is 9.71. The number of amides is 1. The first-order valence-electron chi connectivity index (χ1n) is 11.1. The van der Waals surface area contributed by atoms with Crippen molar-refractivity contribution >= 4 is 29.2 Å². The number of dihydropyridines is 1. The van der Waals surface area contributed by atoms with Crippen molar-refractivity contribution < 1.29 is 14.7 Å². The zero-order valence-corrected chi connectivity index (χ0v) is 19.6. The fraction of sp³-hybridized carbons (Fsp3) is 0.308. The first-order chi connectivity index (χ1) is 15.9. The van der Waals surface area contributed by atoms with Crippen LogP contribution in [0, 0.1) is 0 Å². The van der Waals surface area contributed by atoms with Crippen molar-refractivity contribution in [1.29, 1.82) is 0 Å². The molecule has 2 heterocycles. The maximum atomic E-state index is 13.8. The Morgan fingerprint density at radius 1 is 0.970 bits per heavy atom. The number of carboxylic acids is 1. The van der Waals surface area contributed by atoms with Gasteiger partial charge in [0.15, 0.2) is 0 Å². The summed E-state index contributed by atoms with van der Waals surface area (Å²) < 4.78 is 0. The molecular weight excluding hydrogens is 438 g/mol. The quantitative estimate of drug-likeness (QED) is 0.684. The van der Waals surface area contributed by atoms with Crippen LogP contribution in [-0.2, 0) is 9.59 Å². The van der Waals surface area contributed by atoms with E-state index in [4.69, 9.17) is 11.6 Å². The van der Waals surface area contributed by atoms with Crippen LogP contribution >= 0.6 is 11.6 Å². The molecule has 2 aliphatic rings. The summed E-state index contributed by atoms with van der Waals surface area (Å²) in [6.45, 7) is 6.39. The molecule has 172 valence electrons. The van der Waals surface area contributed by atoms with Gasteiger partial charge in [-0.05, 0) is 43.2 Å². The van der Waals surface area contributed by atoms with Crippen molar-refractivity contribution in [2.24, 2.45) is 0 Å². The van der Waals surface area contributed by atoms with Crippen LogP contribution in [0.15, 0.2) is 77.1 Å². The number of aliphatic carboxylic acids is 1. The molecular formula is C26H28ClN3O3. The molecule has 1 atom stereocenters. The number of carbonyl (C=O) groups is 2. The Kier molecular flexibility index (Phi) is 6.75. The van der Waals surface area contributed by atoms with E-state index in [1.807, 2.05) is 55.1 Å². The minimum atomic E-state index is -0.939. The second-order valence-corrected chi connectivity index (χ2v) is 8.86. The summed E-state index contributed by atoms with van der Waals surface area (Å²) in [6.07, 6.45) is -0.166. The van der Waals surface area contributed by atoms with E-state index in [0.717, 1.165) is 35.7 Å². The third-order valence-electron chi connectivity index (χ3n) is 6.37. The molecule has 0 spiro atoms. The average molecular weight is 466 g/mol. The van der Waals surface area contributed by atoms with Gasteiger partial charge < -0.3 is 20.2 Å². The molecule has 2 aromatic carbocycles. The maximum absolute atomic E-state index is 13.8. The zero-order valence-electron chi connectivity index (χ0n) is 18.8. The van der Waals surface area contributed by atoms with Crippen molar-refractivity contribution in [2.75, 3.05) is 31.1 Å². The summed E-state index contributed by atoms with van der Waals surface area (Å²) in [5.41, 5.74) is 4.62. The summed E-state index contributed by atoms with van der Waals surface area (Å²) in [5.74, 6) is -1.52. The Morgan fingerprint density at radius 2 is 1.61 bits per heavy atom. The summed E-state index contributed by atoms with van der Waals surface area (Å²) >= 11 is 6.55. The van der Waals surface area contributed by atoms with Crippen LogP contribution in [0.2, 0.25) is 5.02 Å². The lowest BCUT2D eigenvalue weighted by atomic mass is 9.78. The van der Waals surface area contributed by atoms with E-state index in [0.29, 0.717) is 29.3 Å². The Labute approximate surface area is 199 Å². The molecule has 1 amide bonds. The third kappa shape index (κ3) is 4.76. The van der Waals surface area contributed by atoms with Gasteiger partial charge in [-0.15, -0.1) is 0 Å². The van der Waals surface area contributed by atoms with Gasteiger partial charge in [0.1, 0.15) is 0 Å². The van der Waals surface area contributed by atoms with Crippen molar-refractivity contribution in [1.82, 2.24) is 10.2 Å². The number of allylic oxidation sites excluding steroid dienone is 2. The monoisotopic (exact) mass is 465 g/mol. The lowest BCUT2D eigenvalue weighted by Gasteiger charge is -2.39. The van der Waals surface area contributed by atoms with Crippen molar-refractivity contribution in [2.45, 2.75) is 26.2 Å². The fourth-order valence-electron chi connectivity index (χ4n) is 4.75. The molecule has 1 fully saturated rings. The number of halogens is 1. The number of anilines is 1. The Hall–Kier alpha value is -3.25. The summed E-state index contributed by atoms with van der Waals surface area (Å²) in [7, 11) is 0. The van der Waals surface area contributed by atoms with E-state index in [2.05, 4.69) is 22.3 Å². The number of hydrogen-bond donors (Lipinski definition) is 2. The summed E-state index contributed by atoms with van der Waals surface area (Å²) in [5, 5.41) is 13.4. The molecule has 7 heteroatoms. The lowest BCUT2D eigenvalue weighted by molar-refractivity contribution is -0.136. The van der Waals surface area contributed by atoms with Crippen LogP contribution < -0.4 is 10.2 Å². The highest BCUT2D eigenvalue weighted by Gasteiger charge is 2.37. The first kappa shape index (κ1) is 22.9. The standard InChI is InChI=1S/C26H28ClN3O3/c1-17-21(16-23(31)32)25(20-10-6-7-11-22(20)27)24(18(2)28-17)26(33)30-14-12-29(13-15-30)19-8-4-3-5-9-19/h3-11,25,28H,12-16H2,1-2H3,(H,31,32). The zero-order chi connectivity index (χ0) is 23.5. The van der Waals surface area contributed by atoms with Crippen molar-refractivity contribution in [3.05, 3.63) is 87.7 Å². The number of para-hydroxylation sites is 1. The summed E-state index contributed by atoms with van der Waals surface area (Å²) in [4.78, 5) is 29.7. The Balaban J connectivity index is 1.64. The SMILES string of the molecule is CC1=C(CC(=O)O)C(c2ccccc2Cl)C(C(=O)N2CCN(c3ccccc3)CC2)=C(C)N1. The van der Waals surface area contributed by atoms with E-state index in [-0.39, 0.29) is 12.3 Å². The number of carboxylic acid groups (broad SMARTS) is 1. The predicted molar refractivity (Wildman–Crippen MR) is 130 cm³/mol. The highest BCUT2D eigenvalue weighted by Crippen LogP contribution is 2.42. The minimum absolute atomic E-state index is 0.0759. The van der Waals surface area contributed by atoms with Crippen molar-refractivity contribution in [3.63, 3.8) is 0 Å². The van der Waals surface area contributed by atoms with Gasteiger partial charge in [0, 0.05) is 59.8 Å². The topological polar surface area (TPSA) is 72.9 Å². The van der Waals surface area contributed by atoms with Gasteiger partial charge in [0.05, 0.1) is 6.42 Å². The van der Waals surface area contributed by atoms with Crippen LogP contribution in [-0.4, -0.2) is 48.1 Å². The number of hydrogen-bond acceptors (Lipinski definition) is 4. The molecule has 0 aromatic heterocycles. The second-order valence-electron chi connectivity index (χ2n) is 8.45. The highest BCUT2D eigenvalue weighted by atomic mass is 35.5. The molecule has 4 rings (SSSR count). The van der Waals surface area contributed by atoms with Crippen LogP contribution in [0.25, 0.3) is 0 Å². The van der Waals surface area contributed by atoms with Gasteiger partial charge in [0.25, 0.3) is 5.91 Å². The smallest absolute Gasteiger partial charge is 0.307 e. The molecule has 6 nitrogen and oxygen atoms in total. The van der Waals surface area contributed by atoms with E-state index < -0.39 is 11.9 Å². The van der Waals surface area contributed by atoms with Gasteiger partial charge >= 0.3 is 5.97 Å². The normalized spacial score (nSPS) is 18.9. The number of piperazine rings is 1. The largest absolute Gasteiger partial charge is 0.481 e. The highest BCUT2D eigenvalue weighted by molar-refractivity contribution is 6.31. The number of nitrogens with zero attached hydrogens (tertiary/aromatic N) is 2. The molecule has 33 heavy (non-hydrogen) atoms. The summed E-state index contributed by atoms with van der Waals surface area (Å²) in [6, 6.07) is 17.5. The Bertz CT molecular complexity index is 1120. The number of nitrogens with one attached hydrogen (secondary N) is 1. The molecule has 1 unspecified atom stereocenters. The third-order valence-corrected chi connectivity index (χ3v) is 6.72. The average Bonchev–Trinajstić information content (AvgIpc) is 2.81. The molecule has 0 bridgehead atoms. The van der Waals surface area contributed by atoms with Gasteiger partial charge in [-0.3, -0.25) is 9.59 Å². The molecule has 2 aliphatic heterocycles. The van der Waals surface area contributed by atoms with E-state index >= 15 is 0 Å². The molecule has 0 radical (unpaired) electrons.